The van der Waals surface area contributed by atoms with Crippen molar-refractivity contribution in [1.82, 2.24) is 9.97 Å². The third kappa shape index (κ3) is 5.05. The first-order valence-electron chi connectivity index (χ1n) is 9.84. The van der Waals surface area contributed by atoms with Crippen LogP contribution in [0.5, 0.6) is 5.75 Å². The van der Waals surface area contributed by atoms with Gasteiger partial charge in [-0.2, -0.15) is 0 Å². The largest absolute Gasteiger partial charge is 0.488 e. The summed E-state index contributed by atoms with van der Waals surface area (Å²) < 4.78 is 8.14. The highest BCUT2D eigenvalue weighted by molar-refractivity contribution is 6.31. The third-order valence-electron chi connectivity index (χ3n) is 4.84. The van der Waals surface area contributed by atoms with Crippen molar-refractivity contribution in [2.24, 2.45) is 5.73 Å². The molecule has 158 valence electrons. The van der Waals surface area contributed by atoms with E-state index in [4.69, 9.17) is 33.7 Å². The van der Waals surface area contributed by atoms with Gasteiger partial charge in [-0.25, -0.2) is 9.55 Å². The maximum Gasteiger partial charge on any atom is 0.259 e. The lowest BCUT2D eigenvalue weighted by Crippen LogP contribution is -2.33. The molecule has 4 rings (SSSR count). The molecule has 31 heavy (non-hydrogen) atoms. The summed E-state index contributed by atoms with van der Waals surface area (Å²) in [4.78, 5) is 20.0. The lowest BCUT2D eigenvalue weighted by atomic mass is 10.1. The van der Waals surface area contributed by atoms with Crippen LogP contribution in [-0.2, 0) is 13.2 Å². The standard InChI is InChI=1S/C23H20Cl2N4O2/c24-16-2-4-20-18(12-16)23(30)28-22(27-20)19-13-17(25)3-5-21(19)31-14-15-6-10-29(11-7-15)9-1-8-26/h2-7,10-13H,1,8-9,14,26H2/p+1. The van der Waals surface area contributed by atoms with Gasteiger partial charge in [-0.3, -0.25) is 4.79 Å². The van der Waals surface area contributed by atoms with E-state index in [1.54, 1.807) is 36.4 Å². The summed E-state index contributed by atoms with van der Waals surface area (Å²) in [6.07, 6.45) is 4.94. The average Bonchev–Trinajstić information content (AvgIpc) is 2.78. The number of rotatable bonds is 7. The second kappa shape index (κ2) is 9.47. The van der Waals surface area contributed by atoms with Crippen LogP contribution in [0, 0.1) is 0 Å². The van der Waals surface area contributed by atoms with Gasteiger partial charge in [0.25, 0.3) is 5.56 Å². The van der Waals surface area contributed by atoms with E-state index in [2.05, 4.69) is 14.5 Å². The molecular formula is C23H21Cl2N4O2+. The highest BCUT2D eigenvalue weighted by Crippen LogP contribution is 2.31. The Labute approximate surface area is 189 Å². The van der Waals surface area contributed by atoms with Crippen molar-refractivity contribution in [2.75, 3.05) is 6.54 Å². The smallest absolute Gasteiger partial charge is 0.259 e. The van der Waals surface area contributed by atoms with Crippen LogP contribution in [0.4, 0.5) is 0 Å². The number of nitrogens with two attached hydrogens (primary N) is 1. The van der Waals surface area contributed by atoms with Gasteiger partial charge in [0.15, 0.2) is 12.4 Å². The number of nitrogens with one attached hydrogen (secondary N) is 1. The van der Waals surface area contributed by atoms with Gasteiger partial charge in [0.05, 0.1) is 16.5 Å². The number of benzene rings is 2. The van der Waals surface area contributed by atoms with Crippen LogP contribution >= 0.6 is 23.2 Å². The van der Waals surface area contributed by atoms with E-state index in [9.17, 15) is 4.79 Å². The Morgan fingerprint density at radius 3 is 2.55 bits per heavy atom. The molecule has 0 atom stereocenters. The zero-order valence-corrected chi connectivity index (χ0v) is 18.2. The van der Waals surface area contributed by atoms with Crippen LogP contribution in [0.1, 0.15) is 12.0 Å². The first-order valence-corrected chi connectivity index (χ1v) is 10.6. The number of aromatic nitrogens is 3. The molecule has 0 saturated heterocycles. The van der Waals surface area contributed by atoms with Crippen molar-refractivity contribution in [3.8, 4) is 17.1 Å². The van der Waals surface area contributed by atoms with Gasteiger partial charge >= 0.3 is 0 Å². The molecule has 0 spiro atoms. The van der Waals surface area contributed by atoms with Crippen LogP contribution < -0.4 is 20.6 Å². The van der Waals surface area contributed by atoms with E-state index in [-0.39, 0.29) is 5.56 Å². The van der Waals surface area contributed by atoms with Gasteiger partial charge < -0.3 is 15.5 Å². The SMILES string of the molecule is NCCC[n+]1ccc(COc2ccc(Cl)cc2-c2nc3ccc(Cl)cc3c(=O)[nH]2)cc1. The highest BCUT2D eigenvalue weighted by atomic mass is 35.5. The Bertz CT molecular complexity index is 1270. The van der Waals surface area contributed by atoms with E-state index < -0.39 is 0 Å². The molecule has 2 heterocycles. The molecule has 2 aromatic carbocycles. The summed E-state index contributed by atoms with van der Waals surface area (Å²) in [7, 11) is 0. The van der Waals surface area contributed by atoms with Gasteiger partial charge in [0.2, 0.25) is 0 Å². The molecule has 0 bridgehead atoms. The zero-order chi connectivity index (χ0) is 21.8. The molecule has 0 fully saturated rings. The van der Waals surface area contributed by atoms with Crippen LogP contribution in [0.3, 0.4) is 0 Å². The second-order valence-corrected chi connectivity index (χ2v) is 7.96. The van der Waals surface area contributed by atoms with E-state index in [0.29, 0.717) is 51.2 Å². The summed E-state index contributed by atoms with van der Waals surface area (Å²) in [5.41, 5.74) is 7.44. The lowest BCUT2D eigenvalue weighted by Gasteiger charge is -2.12. The van der Waals surface area contributed by atoms with Crippen molar-refractivity contribution in [2.45, 2.75) is 19.6 Å². The highest BCUT2D eigenvalue weighted by Gasteiger charge is 2.13. The summed E-state index contributed by atoms with van der Waals surface area (Å²) in [5, 5.41) is 1.42. The summed E-state index contributed by atoms with van der Waals surface area (Å²) in [6.45, 7) is 1.90. The number of fused-ring (bicyclic) bond motifs is 1. The Balaban J connectivity index is 1.62. The van der Waals surface area contributed by atoms with Crippen molar-refractivity contribution in [1.29, 1.82) is 0 Å². The van der Waals surface area contributed by atoms with Crippen molar-refractivity contribution in [3.63, 3.8) is 0 Å². The Morgan fingerprint density at radius 1 is 1.03 bits per heavy atom. The predicted molar refractivity (Wildman–Crippen MR) is 122 cm³/mol. The number of ether oxygens (including phenoxy) is 1. The number of aromatic amines is 1. The van der Waals surface area contributed by atoms with E-state index in [1.807, 2.05) is 24.5 Å². The molecule has 8 heteroatoms. The monoisotopic (exact) mass is 455 g/mol. The van der Waals surface area contributed by atoms with Crippen LogP contribution in [-0.4, -0.2) is 16.5 Å². The van der Waals surface area contributed by atoms with Crippen LogP contribution in [0.25, 0.3) is 22.3 Å². The molecule has 4 aromatic rings. The summed E-state index contributed by atoms with van der Waals surface area (Å²) in [5.74, 6) is 0.950. The van der Waals surface area contributed by atoms with Crippen molar-refractivity contribution in [3.05, 3.63) is 86.9 Å². The average molecular weight is 456 g/mol. The van der Waals surface area contributed by atoms with E-state index >= 15 is 0 Å². The number of H-pyrrole nitrogens is 1. The molecule has 3 N–H and O–H groups in total. The Hall–Kier alpha value is -2.93. The van der Waals surface area contributed by atoms with Crippen LogP contribution in [0.2, 0.25) is 10.0 Å². The van der Waals surface area contributed by atoms with Gasteiger partial charge in [0, 0.05) is 34.2 Å². The minimum Gasteiger partial charge on any atom is -0.488 e. The van der Waals surface area contributed by atoms with E-state index in [0.717, 1.165) is 18.5 Å². The topological polar surface area (TPSA) is 84.9 Å². The molecule has 0 saturated carbocycles. The Morgan fingerprint density at radius 2 is 1.77 bits per heavy atom. The molecule has 6 nitrogen and oxygen atoms in total. The maximum absolute atomic E-state index is 12.6. The maximum atomic E-state index is 12.6. The van der Waals surface area contributed by atoms with Gasteiger partial charge in [0.1, 0.15) is 24.7 Å². The number of nitrogens with zero attached hydrogens (tertiary/aromatic N) is 2. The summed E-state index contributed by atoms with van der Waals surface area (Å²) in [6, 6.07) is 14.3. The number of pyridine rings is 1. The van der Waals surface area contributed by atoms with Gasteiger partial charge in [-0.15, -0.1) is 0 Å². The van der Waals surface area contributed by atoms with Gasteiger partial charge in [-0.05, 0) is 42.9 Å². The molecule has 0 radical (unpaired) electrons. The van der Waals surface area contributed by atoms with Crippen molar-refractivity contribution >= 4 is 34.1 Å². The molecule has 2 aromatic heterocycles. The van der Waals surface area contributed by atoms with Crippen molar-refractivity contribution < 1.29 is 9.30 Å². The van der Waals surface area contributed by atoms with Gasteiger partial charge in [-0.1, -0.05) is 23.2 Å². The zero-order valence-electron chi connectivity index (χ0n) is 16.6. The first kappa shape index (κ1) is 21.3. The lowest BCUT2D eigenvalue weighted by molar-refractivity contribution is -0.697. The Kier molecular flexibility index (Phi) is 6.51. The molecule has 0 aliphatic heterocycles. The predicted octanol–water partition coefficient (Wildman–Crippen LogP) is 4.11. The normalized spacial score (nSPS) is 11.1. The molecule has 0 aliphatic rings. The molecular weight excluding hydrogens is 435 g/mol. The fraction of sp³-hybridized carbons (Fsp3) is 0.174. The third-order valence-corrected chi connectivity index (χ3v) is 5.31. The number of hydrogen-bond acceptors (Lipinski definition) is 4. The molecule has 0 aliphatic carbocycles. The minimum absolute atomic E-state index is 0.279. The first-order chi connectivity index (χ1) is 15.0. The quantitative estimate of drug-likeness (QED) is 0.410. The van der Waals surface area contributed by atoms with E-state index in [1.165, 1.54) is 0 Å². The fourth-order valence-electron chi connectivity index (χ4n) is 3.22. The number of hydrogen-bond donors (Lipinski definition) is 2. The fourth-order valence-corrected chi connectivity index (χ4v) is 3.56. The van der Waals surface area contributed by atoms with Crippen LogP contribution in [0.15, 0.2) is 65.7 Å². The number of halogens is 2. The second-order valence-electron chi connectivity index (χ2n) is 7.09. The molecule has 0 amide bonds. The minimum atomic E-state index is -0.279. The summed E-state index contributed by atoms with van der Waals surface area (Å²) >= 11 is 12.2. The number of aryl methyl sites for hydroxylation is 1. The molecule has 0 unspecified atom stereocenters.